The molecule has 0 aliphatic carbocycles. The van der Waals surface area contributed by atoms with Crippen LogP contribution in [0.15, 0.2) is 0 Å². The van der Waals surface area contributed by atoms with E-state index in [2.05, 4.69) is 0 Å². The smallest absolute Gasteiger partial charge is 0.550 e. The Balaban J connectivity index is -0.000000328. The molecule has 10 N–H and O–H groups in total. The minimum absolute atomic E-state index is 0. The molecule has 0 aliphatic heterocycles. The van der Waals surface area contributed by atoms with Gasteiger partial charge >= 0.3 is 94.9 Å². The normalized spacial score (nSPS) is 10.8. The first-order valence-electron chi connectivity index (χ1n) is 10.9. The summed E-state index contributed by atoms with van der Waals surface area (Å²) < 4.78 is 0. The summed E-state index contributed by atoms with van der Waals surface area (Å²) in [6.07, 6.45) is -4.32. The molecular formula is C20H30N4Na2O16. The summed E-state index contributed by atoms with van der Waals surface area (Å²) >= 11 is 0. The summed E-state index contributed by atoms with van der Waals surface area (Å²) in [5.41, 5.74) is 6.54. The van der Waals surface area contributed by atoms with E-state index in [1.165, 1.54) is 0 Å². The first-order valence-corrected chi connectivity index (χ1v) is 10.9. The summed E-state index contributed by atoms with van der Waals surface area (Å²) in [5.74, 6) is -11.6. The Morgan fingerprint density at radius 2 is 0.690 bits per heavy atom. The van der Waals surface area contributed by atoms with Gasteiger partial charge in [0.05, 0.1) is 44.6 Å². The molecule has 42 heavy (non-hydrogen) atoms. The molecule has 0 bridgehead atoms. The maximum Gasteiger partial charge on any atom is 1.00 e. The van der Waals surface area contributed by atoms with Crippen LogP contribution in [0.4, 0.5) is 0 Å². The average molecular weight is 628 g/mol. The van der Waals surface area contributed by atoms with Crippen LogP contribution >= 0.6 is 0 Å². The zero-order chi connectivity index (χ0) is 31.8. The number of hydrogen-bond acceptors (Lipinski definition) is 14. The maximum atomic E-state index is 10.8. The zero-order valence-electron chi connectivity index (χ0n) is 22.9. The molecule has 0 aliphatic rings. The molecule has 0 fully saturated rings. The van der Waals surface area contributed by atoms with Gasteiger partial charge in [0, 0.05) is 43.4 Å². The van der Waals surface area contributed by atoms with E-state index >= 15 is 0 Å². The fourth-order valence-electron chi connectivity index (χ4n) is 3.36. The van der Waals surface area contributed by atoms with E-state index in [-0.39, 0.29) is 72.2 Å². The van der Waals surface area contributed by atoms with E-state index in [1.54, 1.807) is 0 Å². The second kappa shape index (κ2) is 22.2. The van der Waals surface area contributed by atoms with E-state index < -0.39 is 111 Å². The van der Waals surface area contributed by atoms with Gasteiger partial charge in [-0.3, -0.25) is 38.6 Å². The molecule has 0 rings (SSSR count). The number of carboxylic acids is 8. The topological polar surface area (TPSA) is 363 Å². The van der Waals surface area contributed by atoms with Crippen molar-refractivity contribution in [3.05, 3.63) is 0 Å². The first kappa shape index (κ1) is 46.6. The second-order valence-electron chi connectivity index (χ2n) is 8.55. The zero-order valence-corrected chi connectivity index (χ0v) is 26.9. The van der Waals surface area contributed by atoms with Crippen LogP contribution in [0.3, 0.4) is 0 Å². The predicted octanol–water partition coefficient (Wildman–Crippen LogP) is -12.5. The first-order chi connectivity index (χ1) is 18.1. The van der Waals surface area contributed by atoms with Crippen molar-refractivity contribution in [1.82, 2.24) is 9.80 Å². The van der Waals surface area contributed by atoms with Crippen molar-refractivity contribution in [2.45, 2.75) is 36.8 Å². The molecule has 0 radical (unpaired) electrons. The minimum atomic E-state index is -2.35. The molecule has 0 saturated carbocycles. The van der Waals surface area contributed by atoms with Crippen LogP contribution < -0.4 is 80.8 Å². The maximum absolute atomic E-state index is 10.8. The van der Waals surface area contributed by atoms with Gasteiger partial charge in [-0.2, -0.15) is 0 Å². The van der Waals surface area contributed by atoms with Gasteiger partial charge in [-0.25, -0.2) is 0 Å². The van der Waals surface area contributed by atoms with Crippen LogP contribution in [-0.2, 0) is 38.4 Å². The van der Waals surface area contributed by atoms with Gasteiger partial charge < -0.3 is 61.9 Å². The van der Waals surface area contributed by atoms with Gasteiger partial charge in [0.15, 0.2) is 0 Å². The second-order valence-corrected chi connectivity index (χ2v) is 8.55. The van der Waals surface area contributed by atoms with Crippen molar-refractivity contribution in [2.75, 3.05) is 39.3 Å². The van der Waals surface area contributed by atoms with Gasteiger partial charge in [0.25, 0.3) is 0 Å². The monoisotopic (exact) mass is 628 g/mol. The van der Waals surface area contributed by atoms with E-state index in [0.717, 1.165) is 9.80 Å². The predicted molar refractivity (Wildman–Crippen MR) is 121 cm³/mol. The Kier molecular flexibility index (Phi) is 24.6. The molecule has 0 unspecified atom stereocenters. The van der Waals surface area contributed by atoms with Crippen LogP contribution in [0, 0.1) is 0 Å². The van der Waals surface area contributed by atoms with Gasteiger partial charge in [-0.05, 0) is 0 Å². The molecule has 0 amide bonds. The quantitative estimate of drug-likeness (QED) is 0.0580. The van der Waals surface area contributed by atoms with Crippen molar-refractivity contribution >= 4 is 47.8 Å². The van der Waals surface area contributed by atoms with Crippen molar-refractivity contribution in [2.24, 2.45) is 11.5 Å². The molecule has 0 aromatic carbocycles. The van der Waals surface area contributed by atoms with Crippen LogP contribution in [0.1, 0.15) is 25.7 Å². The van der Waals surface area contributed by atoms with Crippen molar-refractivity contribution in [3.8, 4) is 0 Å². The van der Waals surface area contributed by atoms with E-state index in [4.69, 9.17) is 42.1 Å². The number of carboxylic acid groups (broad SMARTS) is 8. The van der Waals surface area contributed by atoms with Crippen molar-refractivity contribution in [3.63, 3.8) is 0 Å². The summed E-state index contributed by atoms with van der Waals surface area (Å²) in [4.78, 5) is 87.2. The third-order valence-corrected chi connectivity index (χ3v) is 5.01. The van der Waals surface area contributed by atoms with Crippen LogP contribution in [0.25, 0.3) is 0 Å². The molecule has 228 valence electrons. The molecule has 0 aromatic rings. The van der Waals surface area contributed by atoms with Gasteiger partial charge in [0.2, 0.25) is 0 Å². The van der Waals surface area contributed by atoms with E-state index in [0.29, 0.717) is 0 Å². The average Bonchev–Trinajstić information content (AvgIpc) is 2.68. The van der Waals surface area contributed by atoms with Gasteiger partial charge in [0.1, 0.15) is 0 Å². The molecule has 0 aromatic heterocycles. The number of carbonyl (C=O) groups is 8. The Labute approximate surface area is 281 Å². The molecular weight excluding hydrogens is 598 g/mol. The standard InChI is InChI=1S/2C10H16N2O8.2Na/c11-9(1-5(13)14,2-6(15)16)10(12,3-7(17)18)4-8(19)20;13-7(14)3-11(4-8(15)16)1-2-12(5-9(17)18)6-10(19)20;;/h1-4,11-12H2,(H,13,14)(H,15,16)(H,17,18)(H,19,20);1-6H2,(H,13,14)(H,15,16)(H,17,18)(H,19,20);;/q;;2*+1/p-2. The van der Waals surface area contributed by atoms with Gasteiger partial charge in [-0.1, -0.05) is 0 Å². The van der Waals surface area contributed by atoms with Crippen LogP contribution in [-0.4, -0.2) is 139 Å². The fourth-order valence-corrected chi connectivity index (χ4v) is 3.36. The third-order valence-electron chi connectivity index (χ3n) is 5.01. The Bertz CT molecular complexity index is 840. The molecule has 0 atom stereocenters. The Morgan fingerprint density at radius 3 is 0.857 bits per heavy atom. The Morgan fingerprint density at radius 1 is 0.476 bits per heavy atom. The van der Waals surface area contributed by atoms with E-state index in [9.17, 15) is 48.6 Å². The largest absolute Gasteiger partial charge is 1.00 e. The number of hydrogen-bond donors (Lipinski definition) is 8. The van der Waals surface area contributed by atoms with Crippen LogP contribution in [0.2, 0.25) is 0 Å². The number of carbonyl (C=O) groups excluding carboxylic acids is 2. The number of nitrogens with two attached hydrogens (primary N) is 2. The number of nitrogens with zero attached hydrogens (tertiary/aromatic N) is 2. The molecule has 0 saturated heterocycles. The number of aliphatic carboxylic acids is 8. The SMILES string of the molecule is NC(CC(=O)[O-])(CC(=O)[O-])C(N)(CC(=O)O)CC(=O)O.O=C(O)CN(CCN(CC(=O)O)CC(=O)O)CC(=O)O.[Na+].[Na+]. The van der Waals surface area contributed by atoms with Crippen LogP contribution in [0.5, 0.6) is 0 Å². The minimum Gasteiger partial charge on any atom is -0.550 e. The molecule has 0 spiro atoms. The molecule has 22 heteroatoms. The summed E-state index contributed by atoms with van der Waals surface area (Å²) in [7, 11) is 0. The fraction of sp³-hybridized carbons (Fsp3) is 0.600. The molecule has 0 heterocycles. The molecule has 20 nitrogen and oxygen atoms in total. The third kappa shape index (κ3) is 22.2. The Hall–Kier alpha value is -2.40. The van der Waals surface area contributed by atoms with Gasteiger partial charge in [-0.15, -0.1) is 0 Å². The van der Waals surface area contributed by atoms with Crippen molar-refractivity contribution in [1.29, 1.82) is 0 Å². The number of rotatable bonds is 20. The van der Waals surface area contributed by atoms with E-state index in [1.807, 2.05) is 0 Å². The summed E-state index contributed by atoms with van der Waals surface area (Å²) in [6.45, 7) is -2.25. The van der Waals surface area contributed by atoms with Crippen molar-refractivity contribution < 1.29 is 138 Å². The summed E-state index contributed by atoms with van der Waals surface area (Å²) in [5, 5.41) is 73.3. The summed E-state index contributed by atoms with van der Waals surface area (Å²) in [6, 6.07) is 0.